The van der Waals surface area contributed by atoms with E-state index < -0.39 is 17.5 Å². The fourth-order valence-corrected chi connectivity index (χ4v) is 4.52. The van der Waals surface area contributed by atoms with E-state index in [1.54, 1.807) is 44.2 Å². The zero-order valence-electron chi connectivity index (χ0n) is 18.5. The zero-order chi connectivity index (χ0) is 22.9. The lowest BCUT2D eigenvalue weighted by Crippen LogP contribution is -2.44. The minimum atomic E-state index is -1.20. The lowest BCUT2D eigenvalue weighted by atomic mass is 9.92. The number of nitrogens with zero attached hydrogens (tertiary/aromatic N) is 2. The smallest absolute Gasteiger partial charge is 0.325 e. The van der Waals surface area contributed by atoms with Crippen LogP contribution in [0.25, 0.3) is 0 Å². The van der Waals surface area contributed by atoms with Crippen molar-refractivity contribution in [3.8, 4) is 11.5 Å². The molecule has 0 aromatic heterocycles. The number of hydrogen-bond donors (Lipinski definition) is 1. The van der Waals surface area contributed by atoms with Gasteiger partial charge in [-0.05, 0) is 43.5 Å². The number of carbonyl (C=O) groups is 3. The molecule has 2 saturated heterocycles. The third-order valence-corrected chi connectivity index (χ3v) is 6.29. The average Bonchev–Trinajstić information content (AvgIpc) is 3.39. The SMILES string of the molecule is COc1ccc(OC)c([C@@H]2CCCN2C(=O)CN2C(=O)N[C@@](C)(c3ccccc3)C2=O)c1. The predicted octanol–water partition coefficient (Wildman–Crippen LogP) is 2.83. The van der Waals surface area contributed by atoms with E-state index in [0.717, 1.165) is 23.3 Å². The van der Waals surface area contributed by atoms with Gasteiger partial charge in [0.1, 0.15) is 23.6 Å². The number of benzene rings is 2. The number of amides is 4. The maximum Gasteiger partial charge on any atom is 0.325 e. The molecule has 0 saturated carbocycles. The monoisotopic (exact) mass is 437 g/mol. The second-order valence-electron chi connectivity index (χ2n) is 8.17. The normalized spacial score (nSPS) is 22.8. The molecule has 2 aromatic carbocycles. The number of ether oxygens (including phenoxy) is 2. The molecule has 2 atom stereocenters. The molecule has 4 amide bonds. The highest BCUT2D eigenvalue weighted by atomic mass is 16.5. The van der Waals surface area contributed by atoms with Gasteiger partial charge < -0.3 is 19.7 Å². The quantitative estimate of drug-likeness (QED) is 0.702. The molecule has 0 aliphatic carbocycles. The Kier molecular flexibility index (Phi) is 5.78. The molecule has 32 heavy (non-hydrogen) atoms. The lowest BCUT2D eigenvalue weighted by Gasteiger charge is -2.28. The van der Waals surface area contributed by atoms with Crippen LogP contribution >= 0.6 is 0 Å². The van der Waals surface area contributed by atoms with Crippen LogP contribution in [0.5, 0.6) is 11.5 Å². The number of nitrogens with one attached hydrogen (secondary N) is 1. The molecular weight excluding hydrogens is 410 g/mol. The molecule has 2 aliphatic rings. The standard InChI is InChI=1S/C24H27N3O5/c1-24(16-8-5-4-6-9-16)22(29)27(23(30)25-24)15-21(28)26-13-7-10-19(26)18-14-17(31-2)11-12-20(18)32-3/h4-6,8-9,11-12,14,19H,7,10,13,15H2,1-3H3,(H,25,30)/t19-,24-/m0/s1. The van der Waals surface area contributed by atoms with Gasteiger partial charge in [0.25, 0.3) is 5.91 Å². The molecule has 4 rings (SSSR count). The van der Waals surface area contributed by atoms with Crippen molar-refractivity contribution in [2.24, 2.45) is 0 Å². The first kappa shape index (κ1) is 21.7. The largest absolute Gasteiger partial charge is 0.497 e. The van der Waals surface area contributed by atoms with Gasteiger partial charge in [-0.1, -0.05) is 30.3 Å². The van der Waals surface area contributed by atoms with E-state index in [1.165, 1.54) is 0 Å². The van der Waals surface area contributed by atoms with Gasteiger partial charge in [-0.25, -0.2) is 4.79 Å². The van der Waals surface area contributed by atoms with Crippen LogP contribution in [-0.4, -0.2) is 55.0 Å². The average molecular weight is 437 g/mol. The zero-order valence-corrected chi connectivity index (χ0v) is 18.5. The molecule has 2 fully saturated rings. The Morgan fingerprint density at radius 3 is 2.56 bits per heavy atom. The number of methoxy groups -OCH3 is 2. The van der Waals surface area contributed by atoms with Crippen molar-refractivity contribution in [1.82, 2.24) is 15.1 Å². The van der Waals surface area contributed by atoms with Crippen LogP contribution in [0.1, 0.15) is 36.9 Å². The first-order chi connectivity index (χ1) is 15.4. The van der Waals surface area contributed by atoms with Crippen molar-refractivity contribution in [1.29, 1.82) is 0 Å². The number of carbonyl (C=O) groups excluding carboxylic acids is 3. The van der Waals surface area contributed by atoms with Crippen molar-refractivity contribution >= 4 is 17.8 Å². The summed E-state index contributed by atoms with van der Waals surface area (Å²) in [4.78, 5) is 41.8. The van der Waals surface area contributed by atoms with Gasteiger partial charge in [0.2, 0.25) is 5.91 Å². The number of likely N-dealkylation sites (tertiary alicyclic amines) is 1. The van der Waals surface area contributed by atoms with Gasteiger partial charge in [0.05, 0.1) is 20.3 Å². The summed E-state index contributed by atoms with van der Waals surface area (Å²) in [5, 5.41) is 2.75. The van der Waals surface area contributed by atoms with Crippen molar-refractivity contribution in [3.63, 3.8) is 0 Å². The van der Waals surface area contributed by atoms with Crippen molar-refractivity contribution < 1.29 is 23.9 Å². The Hall–Kier alpha value is -3.55. The summed E-state index contributed by atoms with van der Waals surface area (Å²) in [6, 6.07) is 13.8. The number of urea groups is 1. The van der Waals surface area contributed by atoms with Crippen LogP contribution < -0.4 is 14.8 Å². The maximum atomic E-state index is 13.3. The topological polar surface area (TPSA) is 88.2 Å². The van der Waals surface area contributed by atoms with E-state index in [9.17, 15) is 14.4 Å². The van der Waals surface area contributed by atoms with E-state index in [2.05, 4.69) is 5.32 Å². The van der Waals surface area contributed by atoms with Crippen molar-refractivity contribution in [2.75, 3.05) is 27.3 Å². The Morgan fingerprint density at radius 2 is 1.88 bits per heavy atom. The maximum absolute atomic E-state index is 13.3. The Balaban J connectivity index is 1.55. The van der Waals surface area contributed by atoms with Crippen LogP contribution in [-0.2, 0) is 15.1 Å². The van der Waals surface area contributed by atoms with Crippen LogP contribution in [0.3, 0.4) is 0 Å². The highest BCUT2D eigenvalue weighted by Crippen LogP contribution is 2.39. The molecule has 8 heteroatoms. The molecule has 1 N–H and O–H groups in total. The molecule has 0 spiro atoms. The van der Waals surface area contributed by atoms with Crippen molar-refractivity contribution in [2.45, 2.75) is 31.3 Å². The summed E-state index contributed by atoms with van der Waals surface area (Å²) in [5.74, 6) is 0.630. The van der Waals surface area contributed by atoms with Gasteiger partial charge in [0, 0.05) is 12.1 Å². The fourth-order valence-electron chi connectivity index (χ4n) is 4.52. The Bertz CT molecular complexity index is 1040. The minimum Gasteiger partial charge on any atom is -0.497 e. The summed E-state index contributed by atoms with van der Waals surface area (Å²) < 4.78 is 10.9. The molecule has 2 heterocycles. The second kappa shape index (κ2) is 8.53. The Morgan fingerprint density at radius 1 is 1.12 bits per heavy atom. The van der Waals surface area contributed by atoms with Crippen LogP contribution in [0.15, 0.2) is 48.5 Å². The van der Waals surface area contributed by atoms with Gasteiger partial charge in [-0.15, -0.1) is 0 Å². The summed E-state index contributed by atoms with van der Waals surface area (Å²) in [7, 11) is 3.18. The molecule has 0 bridgehead atoms. The third kappa shape index (κ3) is 3.66. The van der Waals surface area contributed by atoms with E-state index in [0.29, 0.717) is 23.6 Å². The fraction of sp³-hybridized carbons (Fsp3) is 0.375. The molecule has 2 aliphatic heterocycles. The molecule has 8 nitrogen and oxygen atoms in total. The molecule has 2 aromatic rings. The highest BCUT2D eigenvalue weighted by Gasteiger charge is 2.50. The Labute approximate surface area is 187 Å². The molecule has 0 unspecified atom stereocenters. The molecule has 168 valence electrons. The predicted molar refractivity (Wildman–Crippen MR) is 117 cm³/mol. The second-order valence-corrected chi connectivity index (χ2v) is 8.17. The summed E-state index contributed by atoms with van der Waals surface area (Å²) in [6.45, 7) is 1.89. The van der Waals surface area contributed by atoms with Crippen LogP contribution in [0.4, 0.5) is 4.79 Å². The van der Waals surface area contributed by atoms with Gasteiger partial charge in [0.15, 0.2) is 0 Å². The number of imide groups is 1. The third-order valence-electron chi connectivity index (χ3n) is 6.29. The first-order valence-corrected chi connectivity index (χ1v) is 10.6. The summed E-state index contributed by atoms with van der Waals surface area (Å²) in [5.41, 5.74) is 0.330. The van der Waals surface area contributed by atoms with E-state index in [-0.39, 0.29) is 18.5 Å². The number of hydrogen-bond acceptors (Lipinski definition) is 5. The minimum absolute atomic E-state index is 0.214. The number of rotatable bonds is 6. The van der Waals surface area contributed by atoms with E-state index >= 15 is 0 Å². The lowest BCUT2D eigenvalue weighted by molar-refractivity contribution is -0.139. The van der Waals surface area contributed by atoms with Gasteiger partial charge in [-0.2, -0.15) is 0 Å². The van der Waals surface area contributed by atoms with Crippen LogP contribution in [0.2, 0.25) is 0 Å². The summed E-state index contributed by atoms with van der Waals surface area (Å²) >= 11 is 0. The summed E-state index contributed by atoms with van der Waals surface area (Å²) in [6.07, 6.45) is 1.58. The van der Waals surface area contributed by atoms with Crippen molar-refractivity contribution in [3.05, 3.63) is 59.7 Å². The van der Waals surface area contributed by atoms with E-state index in [1.807, 2.05) is 30.3 Å². The highest BCUT2D eigenvalue weighted by molar-refractivity contribution is 6.09. The molecule has 0 radical (unpaired) electrons. The van der Waals surface area contributed by atoms with Gasteiger partial charge in [-0.3, -0.25) is 14.5 Å². The first-order valence-electron chi connectivity index (χ1n) is 10.6. The molecular formula is C24H27N3O5. The van der Waals surface area contributed by atoms with E-state index in [4.69, 9.17) is 9.47 Å². The van der Waals surface area contributed by atoms with Gasteiger partial charge >= 0.3 is 6.03 Å². The van der Waals surface area contributed by atoms with Crippen LogP contribution in [0, 0.1) is 0 Å².